The second-order valence-corrected chi connectivity index (χ2v) is 9.11. The quantitative estimate of drug-likeness (QED) is 0.280. The van der Waals surface area contributed by atoms with Gasteiger partial charge in [0.15, 0.2) is 0 Å². The van der Waals surface area contributed by atoms with E-state index < -0.39 is 0 Å². The summed E-state index contributed by atoms with van der Waals surface area (Å²) in [6.07, 6.45) is 6.65. The number of aromatic nitrogens is 2. The number of fused-ring (bicyclic) bond motifs is 1. The molecule has 2 heterocycles. The number of aryl methyl sites for hydroxylation is 1. The Bertz CT molecular complexity index is 1310. The predicted octanol–water partition coefficient (Wildman–Crippen LogP) is 6.15. The van der Waals surface area contributed by atoms with Crippen LogP contribution in [0, 0.1) is 11.3 Å². The molecule has 4 rings (SSSR count). The van der Waals surface area contributed by atoms with Gasteiger partial charge in [-0.2, -0.15) is 5.26 Å². The number of nitriles is 1. The molecule has 174 valence electrons. The molecule has 1 N–H and O–H groups in total. The van der Waals surface area contributed by atoms with Crippen LogP contribution in [0.15, 0.2) is 55.0 Å². The molecule has 4 aromatic rings. The zero-order valence-electron chi connectivity index (χ0n) is 19.5. The van der Waals surface area contributed by atoms with Gasteiger partial charge in [-0.1, -0.05) is 37.6 Å². The summed E-state index contributed by atoms with van der Waals surface area (Å²) in [4.78, 5) is 17.7. The Morgan fingerprint density at radius 2 is 2.03 bits per heavy atom. The first-order chi connectivity index (χ1) is 16.6. The number of carbonyl (C=O) groups excluding carboxylic acids is 1. The molecule has 6 nitrogen and oxygen atoms in total. The number of nitrogens with one attached hydrogen (secondary N) is 1. The topological polar surface area (TPSA) is 79.9 Å². The van der Waals surface area contributed by atoms with Crippen LogP contribution in [0.1, 0.15) is 58.7 Å². The third-order valence-electron chi connectivity index (χ3n) is 5.75. The van der Waals surface area contributed by atoms with E-state index in [1.807, 2.05) is 49.8 Å². The second-order valence-electron chi connectivity index (χ2n) is 8.09. The first-order valence-corrected chi connectivity index (χ1v) is 12.4. The van der Waals surface area contributed by atoms with Crippen molar-refractivity contribution in [1.82, 2.24) is 9.55 Å². The Kier molecular flexibility index (Phi) is 7.61. The van der Waals surface area contributed by atoms with Crippen molar-refractivity contribution >= 4 is 33.1 Å². The fraction of sp³-hybridized carbons (Fsp3) is 0.296. The van der Waals surface area contributed by atoms with Gasteiger partial charge >= 0.3 is 5.97 Å². The van der Waals surface area contributed by atoms with Crippen LogP contribution in [0.2, 0.25) is 0 Å². The number of hydrogen-bond donors (Lipinski definition) is 1. The molecule has 2 aromatic heterocycles. The first-order valence-electron chi connectivity index (χ1n) is 11.6. The normalized spacial score (nSPS) is 10.9. The van der Waals surface area contributed by atoms with Crippen LogP contribution in [-0.4, -0.2) is 22.1 Å². The molecule has 0 unspecified atom stereocenters. The highest BCUT2D eigenvalue weighted by Gasteiger charge is 2.20. The molecule has 0 aliphatic heterocycles. The van der Waals surface area contributed by atoms with Crippen molar-refractivity contribution in [3.63, 3.8) is 0 Å². The summed E-state index contributed by atoms with van der Waals surface area (Å²) in [5.74, 6) is -0.235. The number of thiophene rings is 1. The number of unbranched alkanes of at least 4 members (excludes halogenated alkanes) is 1. The molecular formula is C27H28N4O2S. The second kappa shape index (κ2) is 11.0. The van der Waals surface area contributed by atoms with Crippen molar-refractivity contribution in [2.45, 2.75) is 46.2 Å². The summed E-state index contributed by atoms with van der Waals surface area (Å²) in [6.45, 7) is 5.65. The molecule has 0 amide bonds. The van der Waals surface area contributed by atoms with E-state index in [9.17, 15) is 4.79 Å². The van der Waals surface area contributed by atoms with Crippen molar-refractivity contribution in [3.8, 4) is 6.07 Å². The van der Waals surface area contributed by atoms with Crippen molar-refractivity contribution in [3.05, 3.63) is 82.3 Å². The zero-order chi connectivity index (χ0) is 23.9. The van der Waals surface area contributed by atoms with E-state index in [1.54, 1.807) is 0 Å². The summed E-state index contributed by atoms with van der Waals surface area (Å²) < 4.78 is 8.52. The maximum atomic E-state index is 12.7. The molecule has 0 radical (unpaired) electrons. The monoisotopic (exact) mass is 472 g/mol. The SMILES string of the molecule is CCCCc1c(C(=O)OCC)sc2c(NCc3cncn3Cc3ccc(C#N)cc3)cccc12. The number of anilines is 1. The van der Waals surface area contributed by atoms with Crippen molar-refractivity contribution in [2.75, 3.05) is 11.9 Å². The fourth-order valence-corrected chi connectivity index (χ4v) is 5.21. The number of benzene rings is 2. The van der Waals surface area contributed by atoms with E-state index >= 15 is 0 Å². The minimum absolute atomic E-state index is 0.235. The Balaban J connectivity index is 1.57. The Labute approximate surface area is 203 Å². The molecule has 7 heteroatoms. The van der Waals surface area contributed by atoms with Gasteiger partial charge in [-0.3, -0.25) is 0 Å². The van der Waals surface area contributed by atoms with Crippen molar-refractivity contribution in [1.29, 1.82) is 5.26 Å². The Morgan fingerprint density at radius 3 is 2.76 bits per heavy atom. The maximum absolute atomic E-state index is 12.7. The fourth-order valence-electron chi connectivity index (χ4n) is 3.98. The van der Waals surface area contributed by atoms with Gasteiger partial charge in [0.05, 0.1) is 47.2 Å². The van der Waals surface area contributed by atoms with Gasteiger partial charge in [-0.05, 0) is 54.5 Å². The highest BCUT2D eigenvalue weighted by atomic mass is 32.1. The van der Waals surface area contributed by atoms with Crippen LogP contribution in [0.3, 0.4) is 0 Å². The smallest absolute Gasteiger partial charge is 0.348 e. The average molecular weight is 473 g/mol. The van der Waals surface area contributed by atoms with Crippen LogP contribution < -0.4 is 5.32 Å². The summed E-state index contributed by atoms with van der Waals surface area (Å²) >= 11 is 1.51. The van der Waals surface area contributed by atoms with Crippen LogP contribution in [0.4, 0.5) is 5.69 Å². The number of esters is 1. The van der Waals surface area contributed by atoms with Gasteiger partial charge in [-0.25, -0.2) is 9.78 Å². The summed E-state index contributed by atoms with van der Waals surface area (Å²) in [5, 5.41) is 13.7. The lowest BCUT2D eigenvalue weighted by Gasteiger charge is -2.11. The molecule has 0 fully saturated rings. The molecule has 2 aromatic carbocycles. The van der Waals surface area contributed by atoms with Gasteiger partial charge in [0.2, 0.25) is 0 Å². The Hall–Kier alpha value is -3.63. The van der Waals surface area contributed by atoms with E-state index in [4.69, 9.17) is 10.00 Å². The molecule has 0 bridgehead atoms. The van der Waals surface area contributed by atoms with Crippen LogP contribution in [0.25, 0.3) is 10.1 Å². The molecular weight excluding hydrogens is 444 g/mol. The summed E-state index contributed by atoms with van der Waals surface area (Å²) in [7, 11) is 0. The largest absolute Gasteiger partial charge is 0.462 e. The third-order valence-corrected chi connectivity index (χ3v) is 7.02. The van der Waals surface area contributed by atoms with E-state index in [-0.39, 0.29) is 5.97 Å². The van der Waals surface area contributed by atoms with Gasteiger partial charge in [0, 0.05) is 12.7 Å². The molecule has 34 heavy (non-hydrogen) atoms. The first kappa shape index (κ1) is 23.5. The number of nitrogens with zero attached hydrogens (tertiary/aromatic N) is 3. The summed E-state index contributed by atoms with van der Waals surface area (Å²) in [6, 6.07) is 15.9. The van der Waals surface area contributed by atoms with Crippen molar-refractivity contribution < 1.29 is 9.53 Å². The molecule has 0 saturated carbocycles. The summed E-state index contributed by atoms with van der Waals surface area (Å²) in [5.41, 5.74) is 4.91. The molecule has 0 aliphatic carbocycles. The number of rotatable bonds is 10. The zero-order valence-corrected chi connectivity index (χ0v) is 20.3. The lowest BCUT2D eigenvalue weighted by molar-refractivity contribution is 0.0531. The minimum Gasteiger partial charge on any atom is -0.462 e. The minimum atomic E-state index is -0.235. The predicted molar refractivity (Wildman–Crippen MR) is 136 cm³/mol. The average Bonchev–Trinajstić information content (AvgIpc) is 3.46. The van der Waals surface area contributed by atoms with Gasteiger partial charge in [-0.15, -0.1) is 11.3 Å². The van der Waals surface area contributed by atoms with Crippen LogP contribution in [-0.2, 0) is 24.2 Å². The maximum Gasteiger partial charge on any atom is 0.348 e. The van der Waals surface area contributed by atoms with E-state index in [0.29, 0.717) is 30.1 Å². The standard InChI is InChI=1S/C27H28N4O2S/c1-3-5-7-23-22-8-6-9-24(25(22)34-26(23)27(32)33-4-2)30-16-21-15-29-18-31(21)17-20-12-10-19(14-28)11-13-20/h6,8-13,15,18,30H,3-5,7,16-17H2,1-2H3. The molecule has 0 aliphatic rings. The highest BCUT2D eigenvalue weighted by Crippen LogP contribution is 2.38. The van der Waals surface area contributed by atoms with Gasteiger partial charge in [0.1, 0.15) is 4.88 Å². The number of imidazole rings is 1. The number of ether oxygens (including phenoxy) is 1. The van der Waals surface area contributed by atoms with E-state index in [0.717, 1.165) is 51.9 Å². The van der Waals surface area contributed by atoms with Gasteiger partial charge in [0.25, 0.3) is 0 Å². The lowest BCUT2D eigenvalue weighted by Crippen LogP contribution is -2.08. The lowest BCUT2D eigenvalue weighted by atomic mass is 10.0. The third kappa shape index (κ3) is 5.13. The Morgan fingerprint density at radius 1 is 1.21 bits per heavy atom. The number of carbonyl (C=O) groups is 1. The van der Waals surface area contributed by atoms with Gasteiger partial charge < -0.3 is 14.6 Å². The molecule has 0 spiro atoms. The molecule has 0 saturated heterocycles. The molecule has 0 atom stereocenters. The highest BCUT2D eigenvalue weighted by molar-refractivity contribution is 7.21. The van der Waals surface area contributed by atoms with Crippen LogP contribution >= 0.6 is 11.3 Å². The van der Waals surface area contributed by atoms with Crippen LogP contribution in [0.5, 0.6) is 0 Å². The van der Waals surface area contributed by atoms with E-state index in [1.165, 1.54) is 11.3 Å². The van der Waals surface area contributed by atoms with Crippen molar-refractivity contribution in [2.24, 2.45) is 0 Å². The van der Waals surface area contributed by atoms with E-state index in [2.05, 4.69) is 40.0 Å². The number of hydrogen-bond acceptors (Lipinski definition) is 6.